The molecule has 4 fully saturated rings. The average Bonchev–Trinajstić information content (AvgIpc) is 3.34. The fourth-order valence-corrected chi connectivity index (χ4v) is 9.14. The predicted molar refractivity (Wildman–Crippen MR) is 251 cm³/mol. The van der Waals surface area contributed by atoms with Gasteiger partial charge in [-0.25, -0.2) is 0 Å². The number of aliphatic hydroxyl groups excluding tert-OH is 9. The third-order valence-electron chi connectivity index (χ3n) is 12.6. The molecule has 1 aromatic rings. The van der Waals surface area contributed by atoms with Crippen molar-refractivity contribution in [2.45, 2.75) is 189 Å². The average molecular weight is 1050 g/mol. The molecule has 0 bridgehead atoms. The number of rotatable bonds is 25. The zero-order chi connectivity index (χ0) is 52.6. The number of hydrogen-bond donors (Lipinski definition) is 14. The highest BCUT2D eigenvalue weighted by Crippen LogP contribution is 2.35. The van der Waals surface area contributed by atoms with Gasteiger partial charge in [0.15, 0.2) is 25.2 Å². The number of amides is 3. The van der Waals surface area contributed by atoms with E-state index in [0.717, 1.165) is 52.9 Å². The van der Waals surface area contributed by atoms with Gasteiger partial charge in [-0.3, -0.25) is 14.4 Å². The smallest absolute Gasteiger partial charge is 0.217 e. The minimum atomic E-state index is -1.87. The maximum absolute atomic E-state index is 12.7. The Kier molecular flexibility index (Phi) is 24.2. The van der Waals surface area contributed by atoms with Crippen LogP contribution in [0.1, 0.15) is 65.4 Å². The number of ether oxygens (including phenoxy) is 8. The van der Waals surface area contributed by atoms with Gasteiger partial charge < -0.3 is 109 Å². The Hall–Kier alpha value is -3.20. The molecule has 0 spiro atoms. The molecule has 0 saturated carbocycles. The number of carbonyl (C=O) groups excluding carboxylic acids is 3. The molecule has 72 heavy (non-hydrogen) atoms. The van der Waals surface area contributed by atoms with Crippen LogP contribution in [0, 0.1) is 0 Å². The third-order valence-corrected chi connectivity index (χ3v) is 12.8. The molecule has 25 nitrogen and oxygen atoms in total. The number of aliphatic hydroxyl groups is 9. The van der Waals surface area contributed by atoms with Gasteiger partial charge in [0, 0.05) is 27.3 Å². The van der Waals surface area contributed by atoms with E-state index in [1.807, 2.05) is 0 Å². The number of thiol groups is 1. The van der Waals surface area contributed by atoms with Crippen LogP contribution in [0.5, 0.6) is 5.75 Å². The van der Waals surface area contributed by atoms with Gasteiger partial charge >= 0.3 is 0 Å². The SMILES string of the molecule is CCCC/C=C\CCCOc1cccc(CNC2C(OC3C(CO)OC(OC4C(CO)OC(OC5C(COS)OC(O)C(NC(C)=O)C5O)C(NC(C)=O)C4O)C(NC(C)=O)C3O)OC(CO)C(O)C2O)c1. The second-order valence-corrected chi connectivity index (χ2v) is 18.4. The summed E-state index contributed by atoms with van der Waals surface area (Å²) in [5, 5.41) is 110. The van der Waals surface area contributed by atoms with Crippen LogP contribution in [-0.4, -0.2) is 219 Å². The molecule has 4 saturated heterocycles. The van der Waals surface area contributed by atoms with Gasteiger partial charge in [0.25, 0.3) is 0 Å². The highest BCUT2D eigenvalue weighted by atomic mass is 32.1. The number of nitrogens with one attached hydrogen (secondary N) is 4. The molecule has 0 aliphatic carbocycles. The van der Waals surface area contributed by atoms with Gasteiger partial charge in [0.1, 0.15) is 97.1 Å². The van der Waals surface area contributed by atoms with E-state index >= 15 is 0 Å². The van der Waals surface area contributed by atoms with E-state index < -0.39 is 160 Å². The van der Waals surface area contributed by atoms with Crippen molar-refractivity contribution in [2.24, 2.45) is 0 Å². The molecule has 3 amide bonds. The lowest BCUT2D eigenvalue weighted by molar-refractivity contribution is -0.362. The van der Waals surface area contributed by atoms with Crippen molar-refractivity contribution in [1.82, 2.24) is 21.3 Å². The minimum absolute atomic E-state index is 0.0833. The normalized spacial score (nSPS) is 37.2. The quantitative estimate of drug-likeness (QED) is 0.0194. The lowest BCUT2D eigenvalue weighted by Crippen LogP contribution is -2.71. The maximum atomic E-state index is 12.7. The number of unbranched alkanes of at least 4 members (excludes halogenated alkanes) is 3. The second kappa shape index (κ2) is 29.2. The first kappa shape index (κ1) is 59.7. The molecular formula is C46H74N4O21S. The zero-order valence-electron chi connectivity index (χ0n) is 40.7. The molecule has 0 aromatic heterocycles. The molecular weight excluding hydrogens is 977 g/mol. The lowest BCUT2D eigenvalue weighted by Gasteiger charge is -2.51. The Morgan fingerprint density at radius 3 is 1.62 bits per heavy atom. The zero-order valence-corrected chi connectivity index (χ0v) is 41.6. The predicted octanol–water partition coefficient (Wildman–Crippen LogP) is -3.75. The molecule has 0 radical (unpaired) electrons. The molecule has 20 unspecified atom stereocenters. The van der Waals surface area contributed by atoms with Crippen LogP contribution in [0.25, 0.3) is 0 Å². The summed E-state index contributed by atoms with van der Waals surface area (Å²) in [5.74, 6) is -1.46. The third kappa shape index (κ3) is 15.9. The number of benzene rings is 1. The van der Waals surface area contributed by atoms with Crippen LogP contribution in [0.2, 0.25) is 0 Å². The first-order valence-electron chi connectivity index (χ1n) is 24.1. The standard InChI is InChI=1S/C46H74N4O21S/c1-5-6-7-8-9-10-11-15-63-26-14-12-13-25(16-26)17-47-32-36(58)35(57)27(18-51)66-44(32)69-40-28(19-52)67-45(33(38(40)60)49-23(3)55)70-41-29(20-53)68-46(34(39(41)61)50-24(4)56)71-42-30(21-64-72)65-43(62)31(37(42)59)48-22(2)54/h8-9,12-14,16,27-47,51-53,57-62,72H,5-7,10-11,15,17-21H2,1-4H3,(H,48,54)(H,49,55)(H,50,56)/b9-8-. The van der Waals surface area contributed by atoms with Crippen molar-refractivity contribution in [3.8, 4) is 5.75 Å². The summed E-state index contributed by atoms with van der Waals surface area (Å²) in [5.41, 5.74) is 0.716. The van der Waals surface area contributed by atoms with Crippen molar-refractivity contribution in [1.29, 1.82) is 0 Å². The van der Waals surface area contributed by atoms with Crippen molar-refractivity contribution in [3.63, 3.8) is 0 Å². The van der Waals surface area contributed by atoms with Crippen LogP contribution in [0.3, 0.4) is 0 Å². The molecule has 4 heterocycles. The van der Waals surface area contributed by atoms with Gasteiger partial charge in [0.05, 0.1) is 39.1 Å². The van der Waals surface area contributed by atoms with Crippen LogP contribution < -0.4 is 26.0 Å². The first-order chi connectivity index (χ1) is 34.5. The number of carbonyl (C=O) groups is 3. The van der Waals surface area contributed by atoms with Crippen LogP contribution in [0.4, 0.5) is 0 Å². The number of allylic oxidation sites excluding steroid dienone is 2. The highest BCUT2D eigenvalue weighted by Gasteiger charge is 2.56. The minimum Gasteiger partial charge on any atom is -0.494 e. The Labute approximate surface area is 423 Å². The van der Waals surface area contributed by atoms with E-state index in [1.54, 1.807) is 24.3 Å². The summed E-state index contributed by atoms with van der Waals surface area (Å²) in [4.78, 5) is 37.2. The van der Waals surface area contributed by atoms with Gasteiger partial charge in [-0.05, 0) is 49.9 Å². The maximum Gasteiger partial charge on any atom is 0.217 e. The van der Waals surface area contributed by atoms with Crippen LogP contribution in [-0.2, 0) is 58.3 Å². The summed E-state index contributed by atoms with van der Waals surface area (Å²) in [7, 11) is 0. The Morgan fingerprint density at radius 1 is 0.625 bits per heavy atom. The largest absolute Gasteiger partial charge is 0.494 e. The van der Waals surface area contributed by atoms with Crippen molar-refractivity contribution in [3.05, 3.63) is 42.0 Å². The summed E-state index contributed by atoms with van der Waals surface area (Å²) in [6, 6.07) is 1.37. The first-order valence-corrected chi connectivity index (χ1v) is 24.5. The molecule has 410 valence electrons. The Bertz CT molecular complexity index is 1860. The summed E-state index contributed by atoms with van der Waals surface area (Å²) in [6.45, 7) is 3.17. The monoisotopic (exact) mass is 1050 g/mol. The van der Waals surface area contributed by atoms with Gasteiger partial charge in [-0.2, -0.15) is 0 Å². The fraction of sp³-hybridized carbons (Fsp3) is 0.761. The Morgan fingerprint density at radius 2 is 1.11 bits per heavy atom. The molecule has 4 aliphatic rings. The van der Waals surface area contributed by atoms with Gasteiger partial charge in [-0.15, -0.1) is 0 Å². The van der Waals surface area contributed by atoms with E-state index in [4.69, 9.17) is 42.1 Å². The van der Waals surface area contributed by atoms with Crippen LogP contribution in [0.15, 0.2) is 36.4 Å². The number of hydrogen-bond acceptors (Lipinski definition) is 23. The summed E-state index contributed by atoms with van der Waals surface area (Å²) in [6.07, 6.45) is -16.6. The molecule has 20 atom stereocenters. The summed E-state index contributed by atoms with van der Waals surface area (Å²) >= 11 is 3.74. The van der Waals surface area contributed by atoms with E-state index in [1.165, 1.54) is 0 Å². The van der Waals surface area contributed by atoms with Crippen LogP contribution >= 0.6 is 12.9 Å². The van der Waals surface area contributed by atoms with E-state index in [-0.39, 0.29) is 13.2 Å². The molecule has 5 rings (SSSR count). The van der Waals surface area contributed by atoms with E-state index in [2.05, 4.69) is 53.3 Å². The molecule has 1 aromatic carbocycles. The van der Waals surface area contributed by atoms with Crippen molar-refractivity contribution >= 4 is 30.6 Å². The second-order valence-electron chi connectivity index (χ2n) is 18.1. The highest BCUT2D eigenvalue weighted by molar-refractivity contribution is 7.75. The molecule has 13 N–H and O–H groups in total. The molecule has 26 heteroatoms. The van der Waals surface area contributed by atoms with Gasteiger partial charge in [-0.1, -0.05) is 44.1 Å². The fourth-order valence-electron chi connectivity index (χ4n) is 8.99. The van der Waals surface area contributed by atoms with Crippen molar-refractivity contribution in [2.75, 3.05) is 33.0 Å². The topological polar surface area (TPSA) is 364 Å². The molecule has 4 aliphatic heterocycles. The van der Waals surface area contributed by atoms with E-state index in [9.17, 15) is 60.3 Å². The lowest BCUT2D eigenvalue weighted by atomic mass is 9.93. The van der Waals surface area contributed by atoms with E-state index in [0.29, 0.717) is 17.9 Å². The summed E-state index contributed by atoms with van der Waals surface area (Å²) < 4.78 is 53.0. The van der Waals surface area contributed by atoms with Gasteiger partial charge in [0.2, 0.25) is 17.7 Å². The Balaban J connectivity index is 1.33. The van der Waals surface area contributed by atoms with Crippen molar-refractivity contribution < 1.29 is 102 Å².